The van der Waals surface area contributed by atoms with E-state index in [9.17, 15) is 4.79 Å². The summed E-state index contributed by atoms with van der Waals surface area (Å²) in [5, 5.41) is 1.15. The van der Waals surface area contributed by atoms with Crippen molar-refractivity contribution in [3.8, 4) is 5.75 Å². The fourth-order valence-corrected chi connectivity index (χ4v) is 6.45. The number of fused-ring (bicyclic) bond motifs is 1. The SMILES string of the molecule is CC(C)C1CCC(Oc2ccc3nc(CN4CC(C5CCCC(OC=O)C5)C4)ccc3c2)CC1. The molecule has 3 fully saturated rings. The molecule has 0 spiro atoms. The smallest absolute Gasteiger partial charge is 0.293 e. The molecule has 1 saturated heterocycles. The van der Waals surface area contributed by atoms with Crippen molar-refractivity contribution in [3.63, 3.8) is 0 Å². The second-order valence-electron chi connectivity index (χ2n) is 11.3. The molecule has 0 bridgehead atoms. The molecule has 184 valence electrons. The summed E-state index contributed by atoms with van der Waals surface area (Å²) >= 11 is 0. The third-order valence-electron chi connectivity index (χ3n) is 8.64. The van der Waals surface area contributed by atoms with Gasteiger partial charge in [-0.3, -0.25) is 14.7 Å². The molecule has 0 N–H and O–H groups in total. The molecule has 2 atom stereocenters. The average Bonchev–Trinajstić information content (AvgIpc) is 2.82. The van der Waals surface area contributed by atoms with E-state index in [0.717, 1.165) is 72.6 Å². The molecule has 5 nitrogen and oxygen atoms in total. The Balaban J connectivity index is 1.12. The average molecular weight is 465 g/mol. The molecule has 3 aliphatic rings. The first kappa shape index (κ1) is 23.6. The maximum absolute atomic E-state index is 10.7. The van der Waals surface area contributed by atoms with Crippen LogP contribution < -0.4 is 4.74 Å². The molecule has 2 saturated carbocycles. The van der Waals surface area contributed by atoms with Gasteiger partial charge in [-0.25, -0.2) is 0 Å². The number of rotatable bonds is 8. The lowest BCUT2D eigenvalue weighted by molar-refractivity contribution is -0.136. The molecule has 1 aliphatic heterocycles. The molecule has 2 unspecified atom stereocenters. The molecule has 34 heavy (non-hydrogen) atoms. The normalized spacial score (nSPS) is 28.6. The topological polar surface area (TPSA) is 51.7 Å². The van der Waals surface area contributed by atoms with E-state index >= 15 is 0 Å². The maximum atomic E-state index is 10.7. The quantitative estimate of drug-likeness (QED) is 0.449. The number of nitrogens with zero attached hydrogens (tertiary/aromatic N) is 2. The summed E-state index contributed by atoms with van der Waals surface area (Å²) in [5.41, 5.74) is 2.18. The van der Waals surface area contributed by atoms with Gasteiger partial charge in [0, 0.05) is 25.0 Å². The Labute approximate surface area is 204 Å². The maximum Gasteiger partial charge on any atom is 0.293 e. The fraction of sp³-hybridized carbons (Fsp3) is 0.655. The molecule has 5 rings (SSSR count). The highest BCUT2D eigenvalue weighted by Gasteiger charge is 2.36. The number of aromatic nitrogens is 1. The van der Waals surface area contributed by atoms with Crippen molar-refractivity contribution in [3.05, 3.63) is 36.0 Å². The van der Waals surface area contributed by atoms with Gasteiger partial charge in [0.05, 0.1) is 17.3 Å². The van der Waals surface area contributed by atoms with Crippen LogP contribution in [0.1, 0.15) is 70.9 Å². The van der Waals surface area contributed by atoms with E-state index < -0.39 is 0 Å². The minimum Gasteiger partial charge on any atom is -0.490 e. The largest absolute Gasteiger partial charge is 0.490 e. The van der Waals surface area contributed by atoms with Crippen LogP contribution in [0.2, 0.25) is 0 Å². The monoisotopic (exact) mass is 464 g/mol. The van der Waals surface area contributed by atoms with E-state index in [1.807, 2.05) is 0 Å². The van der Waals surface area contributed by atoms with E-state index in [-0.39, 0.29) is 6.10 Å². The van der Waals surface area contributed by atoms with Gasteiger partial charge in [-0.1, -0.05) is 19.9 Å². The first-order valence-electron chi connectivity index (χ1n) is 13.4. The summed E-state index contributed by atoms with van der Waals surface area (Å²) in [6.45, 7) is 8.47. The third-order valence-corrected chi connectivity index (χ3v) is 8.64. The highest BCUT2D eigenvalue weighted by molar-refractivity contribution is 5.80. The summed E-state index contributed by atoms with van der Waals surface area (Å²) < 4.78 is 11.6. The van der Waals surface area contributed by atoms with E-state index in [1.54, 1.807) is 0 Å². The minimum atomic E-state index is 0.136. The predicted molar refractivity (Wildman–Crippen MR) is 135 cm³/mol. The van der Waals surface area contributed by atoms with Crippen molar-refractivity contribution in [1.82, 2.24) is 9.88 Å². The Morgan fingerprint density at radius 3 is 2.59 bits per heavy atom. The van der Waals surface area contributed by atoms with Crippen LogP contribution in [0.25, 0.3) is 10.9 Å². The van der Waals surface area contributed by atoms with Gasteiger partial charge in [0.1, 0.15) is 11.9 Å². The molecule has 1 aromatic heterocycles. The summed E-state index contributed by atoms with van der Waals surface area (Å²) in [6.07, 6.45) is 9.90. The van der Waals surface area contributed by atoms with Crippen LogP contribution in [0.15, 0.2) is 30.3 Å². The Bertz CT molecular complexity index is 963. The van der Waals surface area contributed by atoms with Crippen LogP contribution in [0, 0.1) is 23.7 Å². The van der Waals surface area contributed by atoms with Crippen molar-refractivity contribution in [2.45, 2.75) is 84.0 Å². The summed E-state index contributed by atoms with van der Waals surface area (Å²) in [7, 11) is 0. The lowest BCUT2D eigenvalue weighted by Gasteiger charge is -2.45. The number of benzene rings is 1. The van der Waals surface area contributed by atoms with Gasteiger partial charge >= 0.3 is 0 Å². The fourth-order valence-electron chi connectivity index (χ4n) is 6.45. The van der Waals surface area contributed by atoms with Crippen LogP contribution in [-0.4, -0.2) is 41.7 Å². The Hall–Kier alpha value is -2.14. The Kier molecular flexibility index (Phi) is 7.38. The molecule has 2 heterocycles. The zero-order valence-corrected chi connectivity index (χ0v) is 20.8. The summed E-state index contributed by atoms with van der Waals surface area (Å²) in [5.74, 6) is 4.04. The zero-order chi connectivity index (χ0) is 23.5. The summed E-state index contributed by atoms with van der Waals surface area (Å²) in [6, 6.07) is 10.7. The van der Waals surface area contributed by atoms with Gasteiger partial charge < -0.3 is 9.47 Å². The molecule has 0 radical (unpaired) electrons. The lowest BCUT2D eigenvalue weighted by Crippen LogP contribution is -2.50. The number of hydrogen-bond donors (Lipinski definition) is 0. The van der Waals surface area contributed by atoms with E-state index in [4.69, 9.17) is 14.5 Å². The molecule has 2 aliphatic carbocycles. The van der Waals surface area contributed by atoms with Crippen molar-refractivity contribution in [1.29, 1.82) is 0 Å². The van der Waals surface area contributed by atoms with Gasteiger partial charge in [-0.2, -0.15) is 0 Å². The Morgan fingerprint density at radius 1 is 1.00 bits per heavy atom. The number of pyridine rings is 1. The minimum absolute atomic E-state index is 0.136. The van der Waals surface area contributed by atoms with Gasteiger partial charge in [0.15, 0.2) is 0 Å². The van der Waals surface area contributed by atoms with Crippen molar-refractivity contribution in [2.24, 2.45) is 23.7 Å². The first-order valence-corrected chi connectivity index (χ1v) is 13.4. The molecular formula is C29H40N2O3. The van der Waals surface area contributed by atoms with E-state index in [0.29, 0.717) is 18.5 Å². The number of carbonyl (C=O) groups is 1. The zero-order valence-electron chi connectivity index (χ0n) is 20.8. The molecule has 0 amide bonds. The number of hydrogen-bond acceptors (Lipinski definition) is 5. The van der Waals surface area contributed by atoms with E-state index in [1.165, 1.54) is 38.5 Å². The molecule has 2 aromatic rings. The molecule has 5 heteroatoms. The number of carbonyl (C=O) groups excluding carboxylic acids is 1. The van der Waals surface area contributed by atoms with Crippen molar-refractivity contribution >= 4 is 17.4 Å². The number of ether oxygens (including phenoxy) is 2. The van der Waals surface area contributed by atoms with E-state index in [2.05, 4.69) is 49.1 Å². The second kappa shape index (κ2) is 10.6. The first-order chi connectivity index (χ1) is 16.6. The molecular weight excluding hydrogens is 424 g/mol. The van der Waals surface area contributed by atoms with Crippen LogP contribution >= 0.6 is 0 Å². The van der Waals surface area contributed by atoms with Crippen molar-refractivity contribution < 1.29 is 14.3 Å². The number of likely N-dealkylation sites (tertiary alicyclic amines) is 1. The van der Waals surface area contributed by atoms with Crippen LogP contribution in [0.4, 0.5) is 0 Å². The van der Waals surface area contributed by atoms with Crippen LogP contribution in [0.3, 0.4) is 0 Å². The van der Waals surface area contributed by atoms with Crippen LogP contribution in [0.5, 0.6) is 5.75 Å². The van der Waals surface area contributed by atoms with Gasteiger partial charge in [0.25, 0.3) is 6.47 Å². The van der Waals surface area contributed by atoms with Crippen molar-refractivity contribution in [2.75, 3.05) is 13.1 Å². The molecule has 1 aromatic carbocycles. The van der Waals surface area contributed by atoms with Gasteiger partial charge in [0.2, 0.25) is 0 Å². The van der Waals surface area contributed by atoms with Crippen LogP contribution in [-0.2, 0) is 16.1 Å². The standard InChI is InChI=1S/C29H40N2O3/c1-20(2)21-7-10-26(11-8-21)34-28-12-13-29-23(15-28)6-9-25(30-29)18-31-16-24(17-31)22-4-3-5-27(14-22)33-19-32/h6,9,12-13,15,19-22,24,26-27H,3-5,7-8,10-11,14,16-18H2,1-2H3. The second-order valence-corrected chi connectivity index (χ2v) is 11.3. The summed E-state index contributed by atoms with van der Waals surface area (Å²) in [4.78, 5) is 18.1. The van der Waals surface area contributed by atoms with Gasteiger partial charge in [-0.05, 0) is 99.3 Å². The third kappa shape index (κ3) is 5.56. The Morgan fingerprint density at radius 2 is 1.82 bits per heavy atom. The highest BCUT2D eigenvalue weighted by Crippen LogP contribution is 2.37. The lowest BCUT2D eigenvalue weighted by atomic mass is 9.75. The highest BCUT2D eigenvalue weighted by atomic mass is 16.5. The van der Waals surface area contributed by atoms with Gasteiger partial charge in [-0.15, -0.1) is 0 Å². The predicted octanol–water partition coefficient (Wildman–Crippen LogP) is 5.99.